The number of rotatable bonds is 8. The van der Waals surface area contributed by atoms with E-state index >= 15 is 0 Å². The molecule has 0 heterocycles. The number of hydrogen-bond donors (Lipinski definition) is 0. The minimum Gasteiger partial charge on any atom is -0.462 e. The number of esters is 2. The average Bonchev–Trinajstić information content (AvgIpc) is 2.86. The summed E-state index contributed by atoms with van der Waals surface area (Å²) in [5, 5.41) is 0. The summed E-state index contributed by atoms with van der Waals surface area (Å²) in [6.07, 6.45) is -1.84. The van der Waals surface area contributed by atoms with Gasteiger partial charge in [-0.25, -0.2) is 9.59 Å². The van der Waals surface area contributed by atoms with Crippen molar-refractivity contribution in [2.45, 2.75) is 13.1 Å². The normalized spacial score (nSPS) is 11.1. The van der Waals surface area contributed by atoms with Crippen LogP contribution in [0.2, 0.25) is 0 Å². The fraction of sp³-hybridized carbons (Fsp3) is 0.0714. The van der Waals surface area contributed by atoms with Crippen molar-refractivity contribution in [2.24, 2.45) is 0 Å². The molecule has 8 heteroatoms. The van der Waals surface area contributed by atoms with Crippen LogP contribution < -0.4 is 9.47 Å². The predicted octanol–water partition coefficient (Wildman–Crippen LogP) is 7.10. The minimum absolute atomic E-state index is 0.0227. The summed E-state index contributed by atoms with van der Waals surface area (Å²) < 4.78 is 56.2. The third-order valence-corrected chi connectivity index (χ3v) is 4.85. The molecule has 0 aliphatic carbocycles. The highest BCUT2D eigenvalue weighted by Gasteiger charge is 2.34. The number of hydrogen-bond acceptors (Lipinski definition) is 5. The van der Waals surface area contributed by atoms with Gasteiger partial charge < -0.3 is 14.2 Å². The van der Waals surface area contributed by atoms with Crippen LogP contribution in [0, 0.1) is 0 Å². The fourth-order valence-electron chi connectivity index (χ4n) is 3.08. The van der Waals surface area contributed by atoms with Crippen LogP contribution in [-0.4, -0.2) is 11.9 Å². The van der Waals surface area contributed by atoms with Crippen molar-refractivity contribution < 1.29 is 37.0 Å². The van der Waals surface area contributed by atoms with Crippen molar-refractivity contribution in [1.29, 1.82) is 0 Å². The quantitative estimate of drug-likeness (QED) is 0.145. The SMILES string of the molecule is C=CC(=O)O/C=C\Oc1ccc(-c2ccc(-c3ccc(OC(=O)C(=C)C)cc3)cc2)c(C(F)(F)F)c1. The number of carbonyl (C=O) groups is 2. The van der Waals surface area contributed by atoms with Crippen molar-refractivity contribution in [3.63, 3.8) is 0 Å². The first-order chi connectivity index (χ1) is 17.1. The molecule has 0 amide bonds. The van der Waals surface area contributed by atoms with Crippen LogP contribution in [0.1, 0.15) is 12.5 Å². The third-order valence-electron chi connectivity index (χ3n) is 4.85. The van der Waals surface area contributed by atoms with Crippen molar-refractivity contribution in [3.8, 4) is 33.8 Å². The van der Waals surface area contributed by atoms with Gasteiger partial charge in [0.05, 0.1) is 5.56 Å². The van der Waals surface area contributed by atoms with Gasteiger partial charge in [-0.05, 0) is 53.4 Å². The second-order valence-electron chi connectivity index (χ2n) is 7.51. The summed E-state index contributed by atoms with van der Waals surface area (Å²) in [5.74, 6) is -0.988. The van der Waals surface area contributed by atoms with Gasteiger partial charge in [0.1, 0.15) is 24.0 Å². The van der Waals surface area contributed by atoms with Gasteiger partial charge >= 0.3 is 18.1 Å². The zero-order chi connectivity index (χ0) is 26.3. The molecule has 0 aromatic heterocycles. The van der Waals surface area contributed by atoms with Crippen molar-refractivity contribution in [2.75, 3.05) is 0 Å². The first kappa shape index (κ1) is 26.0. The molecular formula is C28H21F3O5. The van der Waals surface area contributed by atoms with E-state index in [4.69, 9.17) is 9.47 Å². The zero-order valence-corrected chi connectivity index (χ0v) is 19.2. The Balaban J connectivity index is 1.81. The molecule has 0 fully saturated rings. The highest BCUT2D eigenvalue weighted by Crippen LogP contribution is 2.39. The zero-order valence-electron chi connectivity index (χ0n) is 19.2. The number of benzene rings is 3. The molecule has 3 aromatic carbocycles. The van der Waals surface area contributed by atoms with Crippen molar-refractivity contribution >= 4 is 11.9 Å². The molecule has 5 nitrogen and oxygen atoms in total. The van der Waals surface area contributed by atoms with Gasteiger partial charge in [0.25, 0.3) is 0 Å². The lowest BCUT2D eigenvalue weighted by Crippen LogP contribution is -2.07. The average molecular weight is 494 g/mol. The van der Waals surface area contributed by atoms with Gasteiger partial charge in [0.2, 0.25) is 0 Å². The standard InChI is InChI=1S/C28H21F3O5/c1-4-26(32)35-16-15-34-23-13-14-24(25(17-23)28(29,30)31)21-7-5-19(6-8-21)20-9-11-22(12-10-20)36-27(33)18(2)3/h4-17H,1-2H2,3H3/b16-15-. The van der Waals surface area contributed by atoms with E-state index in [1.807, 2.05) is 0 Å². The Labute approximate surface area is 205 Å². The Kier molecular flexibility index (Phi) is 8.11. The lowest BCUT2D eigenvalue weighted by molar-refractivity contribution is -0.137. The number of alkyl halides is 3. The molecule has 0 bridgehead atoms. The molecule has 36 heavy (non-hydrogen) atoms. The summed E-state index contributed by atoms with van der Waals surface area (Å²) in [7, 11) is 0. The molecule has 0 spiro atoms. The summed E-state index contributed by atoms with van der Waals surface area (Å²) in [6, 6.07) is 16.9. The molecule has 0 saturated heterocycles. The molecular weight excluding hydrogens is 473 g/mol. The molecule has 3 rings (SSSR count). The maximum atomic E-state index is 13.8. The molecule has 0 unspecified atom stereocenters. The molecule has 0 N–H and O–H groups in total. The van der Waals surface area contributed by atoms with Crippen molar-refractivity contribution in [3.05, 3.63) is 110 Å². The largest absolute Gasteiger partial charge is 0.462 e. The van der Waals surface area contributed by atoms with Crippen LogP contribution >= 0.6 is 0 Å². The summed E-state index contributed by atoms with van der Waals surface area (Å²) >= 11 is 0. The predicted molar refractivity (Wildman–Crippen MR) is 129 cm³/mol. The van der Waals surface area contributed by atoms with Gasteiger partial charge in [-0.2, -0.15) is 13.2 Å². The second-order valence-corrected chi connectivity index (χ2v) is 7.51. The Morgan fingerprint density at radius 1 is 0.833 bits per heavy atom. The van der Waals surface area contributed by atoms with Crippen molar-refractivity contribution in [1.82, 2.24) is 0 Å². The Bertz CT molecular complexity index is 1300. The first-order valence-corrected chi connectivity index (χ1v) is 10.5. The number of carbonyl (C=O) groups excluding carboxylic acids is 2. The van der Waals surface area contributed by atoms with Crippen LogP contribution in [0.15, 0.2) is 104 Å². The molecule has 0 aliphatic heterocycles. The van der Waals surface area contributed by atoms with Crippen LogP contribution in [0.4, 0.5) is 13.2 Å². The Morgan fingerprint density at radius 3 is 1.94 bits per heavy atom. The van der Waals surface area contributed by atoms with E-state index in [-0.39, 0.29) is 16.9 Å². The van der Waals surface area contributed by atoms with Crippen LogP contribution in [0.3, 0.4) is 0 Å². The highest BCUT2D eigenvalue weighted by atomic mass is 19.4. The van der Waals surface area contributed by atoms with Crippen LogP contribution in [-0.2, 0) is 20.5 Å². The molecule has 0 saturated carbocycles. The Hall–Kier alpha value is -4.59. The summed E-state index contributed by atoms with van der Waals surface area (Å²) in [5.41, 5.74) is 1.29. The van der Waals surface area contributed by atoms with Gasteiger partial charge in [-0.3, -0.25) is 0 Å². The van der Waals surface area contributed by atoms with Gasteiger partial charge in [0, 0.05) is 11.6 Å². The summed E-state index contributed by atoms with van der Waals surface area (Å²) in [6.45, 7) is 8.29. The maximum absolute atomic E-state index is 13.8. The molecule has 184 valence electrons. The van der Waals surface area contributed by atoms with E-state index in [9.17, 15) is 22.8 Å². The molecule has 0 atom stereocenters. The topological polar surface area (TPSA) is 61.8 Å². The third kappa shape index (κ3) is 6.73. The molecule has 3 aromatic rings. The fourth-order valence-corrected chi connectivity index (χ4v) is 3.08. The summed E-state index contributed by atoms with van der Waals surface area (Å²) in [4.78, 5) is 22.6. The lowest BCUT2D eigenvalue weighted by atomic mass is 9.96. The van der Waals surface area contributed by atoms with Gasteiger partial charge in [-0.15, -0.1) is 0 Å². The first-order valence-electron chi connectivity index (χ1n) is 10.5. The highest BCUT2D eigenvalue weighted by molar-refractivity contribution is 5.88. The lowest BCUT2D eigenvalue weighted by Gasteiger charge is -2.15. The van der Waals surface area contributed by atoms with Gasteiger partial charge in [-0.1, -0.05) is 55.6 Å². The van der Waals surface area contributed by atoms with E-state index in [1.165, 1.54) is 12.1 Å². The van der Waals surface area contributed by atoms with E-state index in [0.29, 0.717) is 11.3 Å². The van der Waals surface area contributed by atoms with Crippen LogP contribution in [0.25, 0.3) is 22.3 Å². The monoisotopic (exact) mass is 494 g/mol. The Morgan fingerprint density at radius 2 is 1.39 bits per heavy atom. The van der Waals surface area contributed by atoms with E-state index < -0.39 is 23.7 Å². The number of halogens is 3. The maximum Gasteiger partial charge on any atom is 0.417 e. The van der Waals surface area contributed by atoms with E-state index in [1.54, 1.807) is 55.5 Å². The second kappa shape index (κ2) is 11.2. The van der Waals surface area contributed by atoms with Gasteiger partial charge in [0.15, 0.2) is 0 Å². The molecule has 0 aliphatic rings. The minimum atomic E-state index is -4.64. The van der Waals surface area contributed by atoms with E-state index in [2.05, 4.69) is 17.9 Å². The number of ether oxygens (including phenoxy) is 3. The van der Waals surface area contributed by atoms with Crippen LogP contribution in [0.5, 0.6) is 11.5 Å². The smallest absolute Gasteiger partial charge is 0.417 e. The van der Waals surface area contributed by atoms with E-state index in [0.717, 1.165) is 35.8 Å². The molecule has 0 radical (unpaired) electrons.